The maximum Gasteiger partial charge on any atom is 0.327 e. The van der Waals surface area contributed by atoms with Crippen LogP contribution >= 0.6 is 0 Å². The summed E-state index contributed by atoms with van der Waals surface area (Å²) in [5.41, 5.74) is -0.0635. The zero-order chi connectivity index (χ0) is 7.61. The number of rotatable bonds is 3. The largest absolute Gasteiger partial charge is 0.478 e. The second-order valence-corrected chi connectivity index (χ2v) is 2.68. The second kappa shape index (κ2) is 2.42. The van der Waals surface area contributed by atoms with Crippen LogP contribution in [0.1, 0.15) is 13.3 Å². The summed E-state index contributed by atoms with van der Waals surface area (Å²) in [4.78, 5) is 9.98. The summed E-state index contributed by atoms with van der Waals surface area (Å²) < 4.78 is 5.03. The van der Waals surface area contributed by atoms with Crippen LogP contribution in [0.3, 0.4) is 0 Å². The SMILES string of the molecule is CC1(C/C=C/C(=O)O)CO1. The van der Waals surface area contributed by atoms with Crippen LogP contribution in [0.2, 0.25) is 0 Å². The van der Waals surface area contributed by atoms with Crippen LogP contribution in [0.15, 0.2) is 12.2 Å². The maximum atomic E-state index is 9.98. The summed E-state index contributed by atoms with van der Waals surface area (Å²) in [7, 11) is 0. The number of ether oxygens (including phenoxy) is 1. The van der Waals surface area contributed by atoms with Crippen molar-refractivity contribution in [3.63, 3.8) is 0 Å². The fraction of sp³-hybridized carbons (Fsp3) is 0.571. The highest BCUT2D eigenvalue weighted by Crippen LogP contribution is 2.29. The Morgan fingerprint density at radius 1 is 1.90 bits per heavy atom. The van der Waals surface area contributed by atoms with Gasteiger partial charge in [-0.1, -0.05) is 6.08 Å². The molecule has 0 spiro atoms. The highest BCUT2D eigenvalue weighted by atomic mass is 16.6. The van der Waals surface area contributed by atoms with E-state index in [4.69, 9.17) is 9.84 Å². The normalized spacial score (nSPS) is 30.9. The first-order chi connectivity index (χ1) is 4.62. The zero-order valence-electron chi connectivity index (χ0n) is 5.83. The molecule has 1 unspecified atom stereocenters. The van der Waals surface area contributed by atoms with Crippen molar-refractivity contribution in [1.82, 2.24) is 0 Å². The van der Waals surface area contributed by atoms with Crippen molar-refractivity contribution >= 4 is 5.97 Å². The molecule has 0 radical (unpaired) electrons. The van der Waals surface area contributed by atoms with Gasteiger partial charge in [0.2, 0.25) is 0 Å². The lowest BCUT2D eigenvalue weighted by molar-refractivity contribution is -0.131. The molecule has 1 atom stereocenters. The first-order valence-electron chi connectivity index (χ1n) is 3.16. The van der Waals surface area contributed by atoms with Crippen molar-refractivity contribution in [1.29, 1.82) is 0 Å². The summed E-state index contributed by atoms with van der Waals surface area (Å²) in [6, 6.07) is 0. The number of hydrogen-bond donors (Lipinski definition) is 1. The number of carboxylic acid groups (broad SMARTS) is 1. The van der Waals surface area contributed by atoms with Gasteiger partial charge >= 0.3 is 5.97 Å². The van der Waals surface area contributed by atoms with E-state index in [0.29, 0.717) is 6.42 Å². The Bertz CT molecular complexity index is 168. The molecule has 1 N–H and O–H groups in total. The smallest absolute Gasteiger partial charge is 0.327 e. The van der Waals surface area contributed by atoms with Gasteiger partial charge in [0.15, 0.2) is 0 Å². The minimum Gasteiger partial charge on any atom is -0.478 e. The van der Waals surface area contributed by atoms with Crippen molar-refractivity contribution in [2.24, 2.45) is 0 Å². The highest BCUT2D eigenvalue weighted by Gasteiger charge is 2.37. The molecule has 3 heteroatoms. The van der Waals surface area contributed by atoms with Gasteiger partial charge in [-0.15, -0.1) is 0 Å². The van der Waals surface area contributed by atoms with E-state index in [1.807, 2.05) is 6.92 Å². The van der Waals surface area contributed by atoms with Crippen LogP contribution < -0.4 is 0 Å². The Hall–Kier alpha value is -0.830. The van der Waals surface area contributed by atoms with Gasteiger partial charge in [0.1, 0.15) is 0 Å². The maximum absolute atomic E-state index is 9.98. The van der Waals surface area contributed by atoms with Gasteiger partial charge in [-0.2, -0.15) is 0 Å². The van der Waals surface area contributed by atoms with Crippen LogP contribution in [-0.4, -0.2) is 23.3 Å². The lowest BCUT2D eigenvalue weighted by Crippen LogP contribution is -2.01. The minimum atomic E-state index is -0.899. The van der Waals surface area contributed by atoms with Crippen LogP contribution in [0, 0.1) is 0 Å². The number of epoxide rings is 1. The molecule has 1 aliphatic rings. The van der Waals surface area contributed by atoms with E-state index < -0.39 is 5.97 Å². The Morgan fingerprint density at radius 2 is 2.50 bits per heavy atom. The lowest BCUT2D eigenvalue weighted by Gasteiger charge is -1.95. The average Bonchev–Trinajstić information content (AvgIpc) is 2.47. The van der Waals surface area contributed by atoms with Crippen molar-refractivity contribution < 1.29 is 14.6 Å². The van der Waals surface area contributed by atoms with Crippen LogP contribution in [0.5, 0.6) is 0 Å². The summed E-state index contributed by atoms with van der Waals surface area (Å²) in [5, 5.41) is 8.20. The third-order valence-electron chi connectivity index (χ3n) is 1.45. The van der Waals surface area contributed by atoms with E-state index in [2.05, 4.69) is 0 Å². The number of aliphatic carboxylic acids is 1. The number of carboxylic acids is 1. The molecule has 0 aromatic heterocycles. The second-order valence-electron chi connectivity index (χ2n) is 2.68. The quantitative estimate of drug-likeness (QED) is 0.468. The molecule has 1 rings (SSSR count). The fourth-order valence-corrected chi connectivity index (χ4v) is 0.650. The van der Waals surface area contributed by atoms with E-state index in [9.17, 15) is 4.79 Å². The minimum absolute atomic E-state index is 0.0635. The van der Waals surface area contributed by atoms with E-state index in [1.54, 1.807) is 6.08 Å². The first kappa shape index (κ1) is 7.28. The molecule has 56 valence electrons. The summed E-state index contributed by atoms with van der Waals surface area (Å²) in [6.07, 6.45) is 3.46. The third-order valence-corrected chi connectivity index (χ3v) is 1.45. The summed E-state index contributed by atoms with van der Waals surface area (Å²) >= 11 is 0. The van der Waals surface area contributed by atoms with Crippen molar-refractivity contribution in [3.8, 4) is 0 Å². The molecule has 1 heterocycles. The molecule has 0 saturated carbocycles. The lowest BCUT2D eigenvalue weighted by atomic mass is 10.1. The Morgan fingerprint density at radius 3 is 2.90 bits per heavy atom. The number of carbonyl (C=O) groups is 1. The standard InChI is InChI=1S/C7H10O3/c1-7(5-10-7)4-2-3-6(8)9/h2-3H,4-5H2,1H3,(H,8,9)/b3-2+. The molecule has 1 fully saturated rings. The van der Waals surface area contributed by atoms with Gasteiger partial charge in [-0.25, -0.2) is 4.79 Å². The molecule has 0 bridgehead atoms. The van der Waals surface area contributed by atoms with Crippen LogP contribution in [0.4, 0.5) is 0 Å². The topological polar surface area (TPSA) is 49.8 Å². The van der Waals surface area contributed by atoms with Gasteiger partial charge < -0.3 is 9.84 Å². The molecule has 0 aromatic rings. The molecule has 0 aliphatic carbocycles. The Labute approximate surface area is 59.3 Å². The summed E-state index contributed by atoms with van der Waals surface area (Å²) in [5.74, 6) is -0.899. The summed E-state index contributed by atoms with van der Waals surface area (Å²) in [6.45, 7) is 2.70. The molecule has 0 aromatic carbocycles. The van der Waals surface area contributed by atoms with Gasteiger partial charge in [-0.3, -0.25) is 0 Å². The van der Waals surface area contributed by atoms with Crippen LogP contribution in [-0.2, 0) is 9.53 Å². The molecule has 1 aliphatic heterocycles. The van der Waals surface area contributed by atoms with Crippen molar-refractivity contribution in [2.45, 2.75) is 18.9 Å². The molecule has 3 nitrogen and oxygen atoms in total. The van der Waals surface area contributed by atoms with Crippen molar-refractivity contribution in [3.05, 3.63) is 12.2 Å². The predicted molar refractivity (Wildman–Crippen MR) is 35.7 cm³/mol. The Kier molecular flexibility index (Phi) is 1.76. The monoisotopic (exact) mass is 142 g/mol. The van der Waals surface area contributed by atoms with Gasteiger partial charge in [0, 0.05) is 6.08 Å². The molecular formula is C7H10O3. The van der Waals surface area contributed by atoms with E-state index >= 15 is 0 Å². The highest BCUT2D eigenvalue weighted by molar-refractivity contribution is 5.79. The van der Waals surface area contributed by atoms with E-state index in [1.165, 1.54) is 0 Å². The zero-order valence-corrected chi connectivity index (χ0v) is 5.83. The van der Waals surface area contributed by atoms with E-state index in [0.717, 1.165) is 12.7 Å². The molecule has 10 heavy (non-hydrogen) atoms. The van der Waals surface area contributed by atoms with Gasteiger partial charge in [-0.05, 0) is 13.3 Å². The van der Waals surface area contributed by atoms with Crippen LogP contribution in [0.25, 0.3) is 0 Å². The fourth-order valence-electron chi connectivity index (χ4n) is 0.650. The van der Waals surface area contributed by atoms with E-state index in [-0.39, 0.29) is 5.60 Å². The molecule has 0 amide bonds. The average molecular weight is 142 g/mol. The van der Waals surface area contributed by atoms with Gasteiger partial charge in [0.25, 0.3) is 0 Å². The Balaban J connectivity index is 2.21. The molecule has 1 saturated heterocycles. The predicted octanol–water partition coefficient (Wildman–Crippen LogP) is 0.806. The van der Waals surface area contributed by atoms with Gasteiger partial charge in [0.05, 0.1) is 12.2 Å². The first-order valence-corrected chi connectivity index (χ1v) is 3.16. The van der Waals surface area contributed by atoms with Crippen molar-refractivity contribution in [2.75, 3.05) is 6.61 Å². The number of hydrogen-bond acceptors (Lipinski definition) is 2. The molecular weight excluding hydrogens is 132 g/mol. The third kappa shape index (κ3) is 2.19.